The van der Waals surface area contributed by atoms with Crippen LogP contribution in [0.25, 0.3) is 0 Å². The largest absolute Gasteiger partial charge is 1.00 e. The first-order valence-corrected chi connectivity index (χ1v) is 11.3. The number of hydrogen-bond donors (Lipinski definition) is 1. The highest BCUT2D eigenvalue weighted by molar-refractivity contribution is 5.23. The molecular formula is C24H46ClNO2. The van der Waals surface area contributed by atoms with Crippen molar-refractivity contribution < 1.29 is 26.7 Å². The average Bonchev–Trinajstić information content (AvgIpc) is 2.64. The molecule has 4 heteroatoms. The van der Waals surface area contributed by atoms with Crippen LogP contribution in [-0.2, 0) is 4.74 Å². The summed E-state index contributed by atoms with van der Waals surface area (Å²) in [6.45, 7) is 6.62. The fraction of sp³-hybridized carbons (Fsp3) is 0.833. The van der Waals surface area contributed by atoms with Crippen LogP contribution in [-0.4, -0.2) is 49.7 Å². The number of allylic oxidation sites excluding steroid dienone is 2. The summed E-state index contributed by atoms with van der Waals surface area (Å²) >= 11 is 0. The Morgan fingerprint density at radius 3 is 1.86 bits per heavy atom. The zero-order valence-corrected chi connectivity index (χ0v) is 19.9. The quantitative estimate of drug-likeness (QED) is 0.253. The predicted molar refractivity (Wildman–Crippen MR) is 117 cm³/mol. The summed E-state index contributed by atoms with van der Waals surface area (Å²) < 4.78 is 6.44. The number of hydrogen-bond acceptors (Lipinski definition) is 2. The van der Waals surface area contributed by atoms with E-state index in [2.05, 4.69) is 34.0 Å². The number of ether oxygens (including phenoxy) is 1. The highest BCUT2D eigenvalue weighted by Crippen LogP contribution is 2.40. The van der Waals surface area contributed by atoms with E-state index in [1.165, 1.54) is 70.8 Å². The summed E-state index contributed by atoms with van der Waals surface area (Å²) in [7, 11) is 6.21. The van der Waals surface area contributed by atoms with Gasteiger partial charge in [0.15, 0.2) is 5.79 Å². The van der Waals surface area contributed by atoms with Crippen LogP contribution in [0.15, 0.2) is 24.3 Å². The molecule has 0 aromatic rings. The van der Waals surface area contributed by atoms with Crippen LogP contribution in [0.3, 0.4) is 0 Å². The molecule has 166 valence electrons. The third kappa shape index (κ3) is 9.43. The van der Waals surface area contributed by atoms with E-state index in [9.17, 15) is 5.11 Å². The molecule has 2 atom stereocenters. The van der Waals surface area contributed by atoms with Gasteiger partial charge in [-0.2, -0.15) is 0 Å². The number of quaternary nitrogens is 1. The first-order chi connectivity index (χ1) is 12.8. The first-order valence-electron chi connectivity index (χ1n) is 11.3. The maximum Gasteiger partial charge on any atom is 0.194 e. The minimum Gasteiger partial charge on any atom is -1.00 e. The van der Waals surface area contributed by atoms with Crippen molar-refractivity contribution in [2.24, 2.45) is 5.41 Å². The maximum atomic E-state index is 10.8. The van der Waals surface area contributed by atoms with Crippen LogP contribution in [0.1, 0.15) is 84.5 Å². The van der Waals surface area contributed by atoms with Crippen molar-refractivity contribution >= 4 is 0 Å². The Labute approximate surface area is 181 Å². The molecule has 1 N–H and O–H groups in total. The second-order valence-corrected chi connectivity index (χ2v) is 9.35. The molecule has 28 heavy (non-hydrogen) atoms. The summed E-state index contributed by atoms with van der Waals surface area (Å²) in [6.07, 6.45) is 22.5. The molecule has 0 aromatic heterocycles. The van der Waals surface area contributed by atoms with Crippen molar-refractivity contribution in [3.63, 3.8) is 0 Å². The zero-order valence-electron chi connectivity index (χ0n) is 19.2. The Morgan fingerprint density at radius 2 is 1.32 bits per heavy atom. The van der Waals surface area contributed by atoms with Crippen molar-refractivity contribution in [3.05, 3.63) is 24.3 Å². The van der Waals surface area contributed by atoms with Crippen LogP contribution < -0.4 is 12.4 Å². The standard InChI is InChI=1S/C24H46NO2.ClH/c1-6-7-8-9-10-11-12-13-14-17-21-25(3,4)22-20-23(2)18-15-16-19-24(23,26)27-5;/h15-16,18-19,26H,6-14,17,20-22H2,1-5H3;1H/q+1;/p-1. The monoisotopic (exact) mass is 415 g/mol. The zero-order chi connectivity index (χ0) is 20.2. The minimum atomic E-state index is -1.20. The summed E-state index contributed by atoms with van der Waals surface area (Å²) in [4.78, 5) is 0. The van der Waals surface area contributed by atoms with Gasteiger partial charge in [0.2, 0.25) is 0 Å². The summed E-state index contributed by atoms with van der Waals surface area (Å²) in [5.41, 5.74) is -0.371. The molecule has 0 aromatic carbocycles. The second kappa shape index (κ2) is 13.8. The molecule has 0 saturated heterocycles. The molecule has 1 aliphatic carbocycles. The molecule has 0 bridgehead atoms. The summed E-state index contributed by atoms with van der Waals surface area (Å²) in [5.74, 6) is -1.20. The van der Waals surface area contributed by atoms with Crippen molar-refractivity contribution in [1.82, 2.24) is 0 Å². The number of rotatable bonds is 15. The molecule has 1 aliphatic rings. The lowest BCUT2D eigenvalue weighted by molar-refractivity contribution is -0.891. The van der Waals surface area contributed by atoms with Gasteiger partial charge in [-0.15, -0.1) is 0 Å². The molecule has 2 unspecified atom stereocenters. The highest BCUT2D eigenvalue weighted by atomic mass is 35.5. The van der Waals surface area contributed by atoms with Crippen LogP contribution in [0.4, 0.5) is 0 Å². The van der Waals surface area contributed by atoms with Crippen LogP contribution in [0.5, 0.6) is 0 Å². The van der Waals surface area contributed by atoms with E-state index in [0.29, 0.717) is 0 Å². The van der Waals surface area contributed by atoms with Gasteiger partial charge in [-0.1, -0.05) is 83.4 Å². The molecule has 0 aliphatic heterocycles. The number of aliphatic hydroxyl groups is 1. The molecule has 0 amide bonds. The number of halogens is 1. The van der Waals surface area contributed by atoms with E-state index >= 15 is 0 Å². The van der Waals surface area contributed by atoms with E-state index < -0.39 is 5.79 Å². The normalized spacial score (nSPS) is 24.4. The molecule has 0 fully saturated rings. The van der Waals surface area contributed by atoms with Gasteiger partial charge >= 0.3 is 0 Å². The van der Waals surface area contributed by atoms with Crippen LogP contribution in [0.2, 0.25) is 0 Å². The predicted octanol–water partition coefficient (Wildman–Crippen LogP) is 2.85. The number of nitrogens with zero attached hydrogens (tertiary/aromatic N) is 1. The SMILES string of the molecule is CCCCCCCCCCCC[N+](C)(C)CCC1(C)C=CC=CC1(O)OC.[Cl-]. The maximum absolute atomic E-state index is 10.8. The third-order valence-electron chi connectivity index (χ3n) is 6.38. The fourth-order valence-corrected chi connectivity index (χ4v) is 4.00. The number of unbranched alkanes of at least 4 members (excludes halogenated alkanes) is 9. The Kier molecular flexibility index (Phi) is 13.6. The molecule has 0 spiro atoms. The molecule has 3 nitrogen and oxygen atoms in total. The molecule has 0 heterocycles. The Balaban J connectivity index is 0.00000729. The Hall–Kier alpha value is -0.350. The van der Waals surface area contributed by atoms with Crippen LogP contribution >= 0.6 is 0 Å². The van der Waals surface area contributed by atoms with E-state index in [4.69, 9.17) is 4.74 Å². The van der Waals surface area contributed by atoms with Crippen molar-refractivity contribution in [3.8, 4) is 0 Å². The van der Waals surface area contributed by atoms with Crippen molar-refractivity contribution in [2.45, 2.75) is 90.3 Å². The lowest BCUT2D eigenvalue weighted by atomic mass is 9.75. The minimum absolute atomic E-state index is 0. The molecular weight excluding hydrogens is 370 g/mol. The van der Waals surface area contributed by atoms with E-state index in [1.54, 1.807) is 13.2 Å². The van der Waals surface area contributed by atoms with E-state index in [1.807, 2.05) is 12.2 Å². The van der Waals surface area contributed by atoms with Crippen molar-refractivity contribution in [2.75, 3.05) is 34.3 Å². The molecule has 1 rings (SSSR count). The third-order valence-corrected chi connectivity index (χ3v) is 6.38. The summed E-state index contributed by atoms with van der Waals surface area (Å²) in [6, 6.07) is 0. The topological polar surface area (TPSA) is 29.5 Å². The summed E-state index contributed by atoms with van der Waals surface area (Å²) in [5, 5.41) is 10.8. The Morgan fingerprint density at radius 1 is 0.821 bits per heavy atom. The lowest BCUT2D eigenvalue weighted by Crippen LogP contribution is -3.00. The Bertz CT molecular complexity index is 464. The van der Waals surface area contributed by atoms with Gasteiger partial charge in [-0.05, 0) is 18.9 Å². The molecule has 0 saturated carbocycles. The number of methoxy groups -OCH3 is 1. The second-order valence-electron chi connectivity index (χ2n) is 9.35. The highest BCUT2D eigenvalue weighted by Gasteiger charge is 2.45. The van der Waals surface area contributed by atoms with Gasteiger partial charge in [-0.25, -0.2) is 0 Å². The lowest BCUT2D eigenvalue weighted by Gasteiger charge is -2.43. The van der Waals surface area contributed by atoms with Crippen molar-refractivity contribution in [1.29, 1.82) is 0 Å². The smallest absolute Gasteiger partial charge is 0.194 e. The van der Waals surface area contributed by atoms with E-state index in [0.717, 1.165) is 17.4 Å². The molecule has 0 radical (unpaired) electrons. The van der Waals surface area contributed by atoms with Gasteiger partial charge in [0.1, 0.15) is 0 Å². The van der Waals surface area contributed by atoms with Gasteiger partial charge in [0.25, 0.3) is 0 Å². The van der Waals surface area contributed by atoms with Crippen LogP contribution in [0, 0.1) is 5.41 Å². The van der Waals surface area contributed by atoms with E-state index in [-0.39, 0.29) is 17.8 Å². The van der Waals surface area contributed by atoms with Gasteiger partial charge in [0, 0.05) is 18.9 Å². The van der Waals surface area contributed by atoms with Gasteiger partial charge in [0.05, 0.1) is 27.2 Å². The first kappa shape index (κ1) is 27.6. The average molecular weight is 416 g/mol. The van der Waals surface area contributed by atoms with Gasteiger partial charge < -0.3 is 26.7 Å². The fourth-order valence-electron chi connectivity index (χ4n) is 4.00. The van der Waals surface area contributed by atoms with Gasteiger partial charge in [-0.3, -0.25) is 0 Å².